The number of alkyl halides is 3. The van der Waals surface area contributed by atoms with Crippen molar-refractivity contribution in [1.82, 2.24) is 14.6 Å². The van der Waals surface area contributed by atoms with Gasteiger partial charge in [-0.25, -0.2) is 9.50 Å². The molecule has 35 heavy (non-hydrogen) atoms. The van der Waals surface area contributed by atoms with E-state index in [1.165, 1.54) is 11.3 Å². The standard InChI is InChI=1S/C23H17BrF3N5O2S/c24-17-18(21(34)30-22-16(19(28)33)12-8-4-5-9-14(12)35-22)31-32-15(23(25,26)27)10-13(29-20(17)32)11-6-2-1-3-7-11/h1-3,6-7,10H,4-5,8-9H2,(H2,28,33)(H,30,34). The van der Waals surface area contributed by atoms with Gasteiger partial charge >= 0.3 is 6.18 Å². The van der Waals surface area contributed by atoms with Gasteiger partial charge in [0, 0.05) is 10.4 Å². The lowest BCUT2D eigenvalue weighted by Gasteiger charge is -2.11. The highest BCUT2D eigenvalue weighted by Gasteiger charge is 2.37. The molecular weight excluding hydrogens is 547 g/mol. The lowest BCUT2D eigenvalue weighted by atomic mass is 9.95. The van der Waals surface area contributed by atoms with Crippen molar-refractivity contribution in [2.75, 3.05) is 5.32 Å². The fourth-order valence-electron chi connectivity index (χ4n) is 4.17. The van der Waals surface area contributed by atoms with Crippen LogP contribution in [-0.2, 0) is 19.0 Å². The summed E-state index contributed by atoms with van der Waals surface area (Å²) in [6.45, 7) is 0. The Morgan fingerprint density at radius 1 is 1.14 bits per heavy atom. The largest absolute Gasteiger partial charge is 0.433 e. The monoisotopic (exact) mass is 563 g/mol. The predicted molar refractivity (Wildman–Crippen MR) is 129 cm³/mol. The number of aromatic nitrogens is 3. The molecule has 0 fully saturated rings. The summed E-state index contributed by atoms with van der Waals surface area (Å²) in [7, 11) is 0. The predicted octanol–water partition coefficient (Wildman–Crippen LogP) is 5.47. The van der Waals surface area contributed by atoms with E-state index in [1.54, 1.807) is 30.3 Å². The molecule has 4 aromatic rings. The molecule has 0 unspecified atom stereocenters. The van der Waals surface area contributed by atoms with Crippen LogP contribution in [0.3, 0.4) is 0 Å². The maximum Gasteiger partial charge on any atom is 0.433 e. The van der Waals surface area contributed by atoms with Crippen molar-refractivity contribution in [2.24, 2.45) is 5.73 Å². The van der Waals surface area contributed by atoms with Crippen LogP contribution in [0.2, 0.25) is 0 Å². The van der Waals surface area contributed by atoms with E-state index in [1.807, 2.05) is 0 Å². The number of benzene rings is 1. The molecule has 0 atom stereocenters. The number of nitrogens with zero attached hydrogens (tertiary/aromatic N) is 3. The van der Waals surface area contributed by atoms with E-state index in [-0.39, 0.29) is 32.1 Å². The highest BCUT2D eigenvalue weighted by Crippen LogP contribution is 2.39. The molecule has 5 rings (SSSR count). The van der Waals surface area contributed by atoms with Crippen molar-refractivity contribution >= 4 is 49.7 Å². The third kappa shape index (κ3) is 4.20. The Bertz CT molecular complexity index is 1480. The van der Waals surface area contributed by atoms with Crippen LogP contribution >= 0.6 is 27.3 Å². The summed E-state index contributed by atoms with van der Waals surface area (Å²) in [5.74, 6) is -1.44. The summed E-state index contributed by atoms with van der Waals surface area (Å²) in [6.07, 6.45) is -1.43. The first-order chi connectivity index (χ1) is 16.6. The van der Waals surface area contributed by atoms with Gasteiger partial charge in [-0.2, -0.15) is 18.3 Å². The molecule has 3 N–H and O–H groups in total. The number of hydrogen-bond acceptors (Lipinski definition) is 5. The molecule has 0 spiro atoms. The Morgan fingerprint density at radius 3 is 2.54 bits per heavy atom. The molecule has 0 saturated carbocycles. The minimum atomic E-state index is -4.75. The topological polar surface area (TPSA) is 102 Å². The average Bonchev–Trinajstić information content (AvgIpc) is 3.35. The quantitative estimate of drug-likeness (QED) is 0.343. The molecule has 0 aliphatic heterocycles. The van der Waals surface area contributed by atoms with Crippen LogP contribution in [0.15, 0.2) is 40.9 Å². The van der Waals surface area contributed by atoms with Gasteiger partial charge in [0.1, 0.15) is 5.00 Å². The normalized spacial score (nSPS) is 13.6. The van der Waals surface area contributed by atoms with Crippen LogP contribution in [0.4, 0.5) is 18.2 Å². The van der Waals surface area contributed by atoms with Crippen molar-refractivity contribution in [3.8, 4) is 11.3 Å². The second kappa shape index (κ2) is 8.76. The van der Waals surface area contributed by atoms with Gasteiger partial charge in [-0.05, 0) is 53.2 Å². The summed E-state index contributed by atoms with van der Waals surface area (Å²) in [6, 6.07) is 9.29. The molecular formula is C23H17BrF3N5O2S. The number of fused-ring (bicyclic) bond motifs is 2. The molecule has 0 saturated heterocycles. The van der Waals surface area contributed by atoms with Gasteiger partial charge in [0.25, 0.3) is 11.8 Å². The SMILES string of the molecule is NC(=O)c1c(NC(=O)c2nn3c(C(F)(F)F)cc(-c4ccccc4)nc3c2Br)sc2c1CCCC2. The zero-order valence-corrected chi connectivity index (χ0v) is 20.4. The smallest absolute Gasteiger partial charge is 0.365 e. The van der Waals surface area contributed by atoms with Gasteiger partial charge in [-0.3, -0.25) is 9.59 Å². The summed E-state index contributed by atoms with van der Waals surface area (Å²) in [4.78, 5) is 30.6. The molecule has 3 aromatic heterocycles. The van der Waals surface area contributed by atoms with Gasteiger partial charge < -0.3 is 11.1 Å². The molecule has 3 heterocycles. The first-order valence-corrected chi connectivity index (χ1v) is 12.2. The van der Waals surface area contributed by atoms with Crippen molar-refractivity contribution in [1.29, 1.82) is 0 Å². The lowest BCUT2D eigenvalue weighted by molar-refractivity contribution is -0.142. The maximum absolute atomic E-state index is 13.9. The third-order valence-electron chi connectivity index (χ3n) is 5.75. The molecule has 2 amide bonds. The van der Waals surface area contributed by atoms with E-state index in [9.17, 15) is 22.8 Å². The first kappa shape index (κ1) is 23.5. The summed E-state index contributed by atoms with van der Waals surface area (Å²) >= 11 is 4.47. The molecule has 1 aromatic carbocycles. The first-order valence-electron chi connectivity index (χ1n) is 10.6. The number of nitrogens with one attached hydrogen (secondary N) is 1. The Balaban J connectivity index is 1.60. The van der Waals surface area contributed by atoms with Crippen LogP contribution in [-0.4, -0.2) is 26.4 Å². The zero-order valence-electron chi connectivity index (χ0n) is 17.9. The average molecular weight is 564 g/mol. The number of carbonyl (C=O) groups is 2. The van der Waals surface area contributed by atoms with E-state index in [4.69, 9.17) is 5.73 Å². The number of primary amides is 1. The minimum Gasteiger partial charge on any atom is -0.365 e. The molecule has 1 aliphatic rings. The third-order valence-corrected chi connectivity index (χ3v) is 7.69. The minimum absolute atomic E-state index is 0.000209. The van der Waals surface area contributed by atoms with E-state index in [2.05, 4.69) is 31.3 Å². The van der Waals surface area contributed by atoms with Crippen LogP contribution in [0.5, 0.6) is 0 Å². The van der Waals surface area contributed by atoms with E-state index in [0.29, 0.717) is 16.5 Å². The van der Waals surface area contributed by atoms with Gasteiger partial charge in [-0.1, -0.05) is 30.3 Å². The van der Waals surface area contributed by atoms with Crippen molar-refractivity contribution in [3.05, 3.63) is 68.3 Å². The molecule has 0 bridgehead atoms. The number of anilines is 1. The molecule has 7 nitrogen and oxygen atoms in total. The number of nitrogens with two attached hydrogens (primary N) is 1. The number of thiophene rings is 1. The summed E-state index contributed by atoms with van der Waals surface area (Å²) < 4.78 is 42.4. The second-order valence-electron chi connectivity index (χ2n) is 8.02. The summed E-state index contributed by atoms with van der Waals surface area (Å²) in [5, 5.41) is 6.84. The van der Waals surface area contributed by atoms with Crippen molar-refractivity contribution in [3.63, 3.8) is 0 Å². The van der Waals surface area contributed by atoms with Crippen LogP contribution < -0.4 is 11.1 Å². The van der Waals surface area contributed by atoms with E-state index in [0.717, 1.165) is 35.8 Å². The number of hydrogen-bond donors (Lipinski definition) is 2. The number of aryl methyl sites for hydroxylation is 1. The molecule has 180 valence electrons. The van der Waals surface area contributed by atoms with E-state index < -0.39 is 23.7 Å². The Kier molecular flexibility index (Phi) is 5.88. The van der Waals surface area contributed by atoms with Gasteiger partial charge in [0.2, 0.25) is 0 Å². The van der Waals surface area contributed by atoms with Crippen LogP contribution in [0.1, 0.15) is 49.8 Å². The number of halogens is 4. The zero-order chi connectivity index (χ0) is 24.9. The second-order valence-corrected chi connectivity index (χ2v) is 9.92. The molecule has 12 heteroatoms. The van der Waals surface area contributed by atoms with Crippen LogP contribution in [0, 0.1) is 0 Å². The lowest BCUT2D eigenvalue weighted by Crippen LogP contribution is -2.19. The number of carbonyl (C=O) groups excluding carboxylic acids is 2. The van der Waals surface area contributed by atoms with Crippen LogP contribution in [0.25, 0.3) is 16.9 Å². The Hall–Kier alpha value is -3.25. The van der Waals surface area contributed by atoms with Gasteiger partial charge in [0.15, 0.2) is 17.0 Å². The van der Waals surface area contributed by atoms with Crippen molar-refractivity contribution in [2.45, 2.75) is 31.9 Å². The number of amides is 2. The van der Waals surface area contributed by atoms with Gasteiger partial charge in [0.05, 0.1) is 15.7 Å². The maximum atomic E-state index is 13.9. The molecule has 0 radical (unpaired) electrons. The Morgan fingerprint density at radius 2 is 1.86 bits per heavy atom. The Labute approximate surface area is 209 Å². The fourth-order valence-corrected chi connectivity index (χ4v) is 5.98. The fraction of sp³-hybridized carbons (Fsp3) is 0.217. The molecule has 1 aliphatic carbocycles. The summed E-state index contributed by atoms with van der Waals surface area (Å²) in [5.41, 5.74) is 5.68. The van der Waals surface area contributed by atoms with Crippen molar-refractivity contribution < 1.29 is 22.8 Å². The highest BCUT2D eigenvalue weighted by atomic mass is 79.9. The van der Waals surface area contributed by atoms with Gasteiger partial charge in [-0.15, -0.1) is 11.3 Å². The highest BCUT2D eigenvalue weighted by molar-refractivity contribution is 9.10. The number of rotatable bonds is 4. The van der Waals surface area contributed by atoms with E-state index >= 15 is 0 Å².